The van der Waals surface area contributed by atoms with Gasteiger partial charge in [-0.2, -0.15) is 0 Å². The van der Waals surface area contributed by atoms with Crippen molar-refractivity contribution in [3.63, 3.8) is 0 Å². The molecule has 2 unspecified atom stereocenters. The Hall–Kier alpha value is -5.11. The molecule has 7 rings (SSSR count). The fourth-order valence-corrected chi connectivity index (χ4v) is 6.18. The van der Waals surface area contributed by atoms with Gasteiger partial charge in [0.2, 0.25) is 0 Å². The summed E-state index contributed by atoms with van der Waals surface area (Å²) in [5.41, 5.74) is 6.65. The molecule has 0 bridgehead atoms. The van der Waals surface area contributed by atoms with Crippen LogP contribution in [0.25, 0.3) is 33.1 Å². The molecule has 0 aliphatic heterocycles. The lowest BCUT2D eigenvalue weighted by atomic mass is 9.78. The van der Waals surface area contributed by atoms with E-state index in [-0.39, 0.29) is 5.92 Å². The van der Waals surface area contributed by atoms with Crippen molar-refractivity contribution in [1.82, 2.24) is 24.5 Å². The zero-order chi connectivity index (χ0) is 29.2. The van der Waals surface area contributed by atoms with Crippen molar-refractivity contribution in [3.05, 3.63) is 115 Å². The summed E-state index contributed by atoms with van der Waals surface area (Å²) in [6.45, 7) is 0.924. The van der Waals surface area contributed by atoms with Gasteiger partial charge >= 0.3 is 5.97 Å². The molecule has 3 aromatic carbocycles. The SMILES string of the molecule is O=C(O)C1CCCCC1c1nc2cc(OCc3ccc4ccccc4n3)ccc2n1Cc1ccc(-c2cncnc2)cc1. The minimum Gasteiger partial charge on any atom is -0.487 e. The van der Waals surface area contributed by atoms with Crippen LogP contribution in [0.5, 0.6) is 5.75 Å². The summed E-state index contributed by atoms with van der Waals surface area (Å²) in [4.78, 5) is 30.3. The van der Waals surface area contributed by atoms with Crippen molar-refractivity contribution in [2.75, 3.05) is 0 Å². The first-order valence-electron chi connectivity index (χ1n) is 14.7. The topological polar surface area (TPSA) is 103 Å². The van der Waals surface area contributed by atoms with E-state index in [1.807, 2.05) is 48.5 Å². The van der Waals surface area contributed by atoms with Crippen LogP contribution in [0.1, 0.15) is 48.7 Å². The molecule has 1 saturated carbocycles. The number of carboxylic acids is 1. The van der Waals surface area contributed by atoms with Crippen LogP contribution < -0.4 is 4.74 Å². The van der Waals surface area contributed by atoms with E-state index in [1.54, 1.807) is 12.4 Å². The number of carbonyl (C=O) groups is 1. The summed E-state index contributed by atoms with van der Waals surface area (Å²) in [7, 11) is 0. The number of aromatic nitrogens is 5. The van der Waals surface area contributed by atoms with Crippen LogP contribution >= 0.6 is 0 Å². The van der Waals surface area contributed by atoms with Crippen LogP contribution in [0, 0.1) is 5.92 Å². The summed E-state index contributed by atoms with van der Waals surface area (Å²) < 4.78 is 8.35. The average molecular weight is 570 g/mol. The molecule has 8 nitrogen and oxygen atoms in total. The number of ether oxygens (including phenoxy) is 1. The maximum atomic E-state index is 12.3. The van der Waals surface area contributed by atoms with Crippen LogP contribution in [0.4, 0.5) is 0 Å². The highest BCUT2D eigenvalue weighted by Gasteiger charge is 2.35. The number of carboxylic acid groups (broad SMARTS) is 1. The first-order chi connectivity index (χ1) is 21.1. The Morgan fingerprint density at radius 3 is 2.51 bits per heavy atom. The summed E-state index contributed by atoms with van der Waals surface area (Å²) in [6, 6.07) is 26.3. The largest absolute Gasteiger partial charge is 0.487 e. The Bertz CT molecular complexity index is 1900. The van der Waals surface area contributed by atoms with E-state index >= 15 is 0 Å². The predicted molar refractivity (Wildman–Crippen MR) is 165 cm³/mol. The third-order valence-corrected chi connectivity index (χ3v) is 8.40. The Kier molecular flexibility index (Phi) is 7.25. The molecule has 0 spiro atoms. The van der Waals surface area contributed by atoms with Gasteiger partial charge in [-0.15, -0.1) is 0 Å². The fraction of sp³-hybridized carbons (Fsp3) is 0.229. The number of aliphatic carboxylic acids is 1. The Morgan fingerprint density at radius 2 is 1.67 bits per heavy atom. The number of benzene rings is 3. The number of para-hydroxylation sites is 1. The lowest BCUT2D eigenvalue weighted by molar-refractivity contribution is -0.143. The highest BCUT2D eigenvalue weighted by molar-refractivity contribution is 5.79. The van der Waals surface area contributed by atoms with Crippen molar-refractivity contribution in [1.29, 1.82) is 0 Å². The normalized spacial score (nSPS) is 16.8. The van der Waals surface area contributed by atoms with E-state index in [0.29, 0.717) is 25.3 Å². The lowest BCUT2D eigenvalue weighted by Gasteiger charge is -2.28. The van der Waals surface area contributed by atoms with Gasteiger partial charge in [-0.25, -0.2) is 19.9 Å². The maximum absolute atomic E-state index is 12.3. The minimum atomic E-state index is -0.746. The number of nitrogens with zero attached hydrogens (tertiary/aromatic N) is 5. The van der Waals surface area contributed by atoms with Crippen LogP contribution in [0.2, 0.25) is 0 Å². The molecule has 214 valence electrons. The van der Waals surface area contributed by atoms with Crippen molar-refractivity contribution in [2.24, 2.45) is 5.92 Å². The molecule has 8 heteroatoms. The van der Waals surface area contributed by atoms with E-state index in [4.69, 9.17) is 14.7 Å². The predicted octanol–water partition coefficient (Wildman–Crippen LogP) is 7.03. The molecule has 0 radical (unpaired) electrons. The van der Waals surface area contributed by atoms with E-state index < -0.39 is 11.9 Å². The summed E-state index contributed by atoms with van der Waals surface area (Å²) >= 11 is 0. The molecule has 0 saturated heterocycles. The van der Waals surface area contributed by atoms with Gasteiger partial charge in [0.05, 0.1) is 28.2 Å². The molecule has 3 heterocycles. The van der Waals surface area contributed by atoms with E-state index in [0.717, 1.165) is 69.4 Å². The van der Waals surface area contributed by atoms with Gasteiger partial charge in [0, 0.05) is 41.9 Å². The second-order valence-corrected chi connectivity index (χ2v) is 11.2. The zero-order valence-corrected chi connectivity index (χ0v) is 23.6. The molecule has 1 fully saturated rings. The van der Waals surface area contributed by atoms with Gasteiger partial charge in [-0.3, -0.25) is 4.79 Å². The molecule has 1 aliphatic carbocycles. The van der Waals surface area contributed by atoms with Crippen LogP contribution in [0.15, 0.2) is 97.6 Å². The molecule has 43 heavy (non-hydrogen) atoms. The third kappa shape index (κ3) is 5.56. The van der Waals surface area contributed by atoms with Crippen molar-refractivity contribution >= 4 is 27.9 Å². The second kappa shape index (κ2) is 11.6. The Morgan fingerprint density at radius 1 is 0.860 bits per heavy atom. The second-order valence-electron chi connectivity index (χ2n) is 11.2. The van der Waals surface area contributed by atoms with Gasteiger partial charge in [0.15, 0.2) is 0 Å². The first-order valence-corrected chi connectivity index (χ1v) is 14.7. The molecule has 2 atom stereocenters. The minimum absolute atomic E-state index is 0.148. The quantitative estimate of drug-likeness (QED) is 0.210. The first kappa shape index (κ1) is 26.8. The number of fused-ring (bicyclic) bond motifs is 2. The lowest BCUT2D eigenvalue weighted by Crippen LogP contribution is -2.27. The van der Waals surface area contributed by atoms with Gasteiger partial charge in [-0.1, -0.05) is 61.4 Å². The van der Waals surface area contributed by atoms with Crippen LogP contribution in [0.3, 0.4) is 0 Å². The highest BCUT2D eigenvalue weighted by atomic mass is 16.5. The molecule has 1 N–H and O–H groups in total. The molecule has 6 aromatic rings. The van der Waals surface area contributed by atoms with Crippen LogP contribution in [-0.4, -0.2) is 35.6 Å². The third-order valence-electron chi connectivity index (χ3n) is 8.40. The molecular formula is C35H31N5O3. The molecule has 0 amide bonds. The van der Waals surface area contributed by atoms with Crippen molar-refractivity contribution in [2.45, 2.75) is 44.8 Å². The van der Waals surface area contributed by atoms with Crippen molar-refractivity contribution < 1.29 is 14.6 Å². The Balaban J connectivity index is 1.20. The zero-order valence-electron chi connectivity index (χ0n) is 23.6. The van der Waals surface area contributed by atoms with Gasteiger partial charge in [0.25, 0.3) is 0 Å². The van der Waals surface area contributed by atoms with Crippen molar-refractivity contribution in [3.8, 4) is 16.9 Å². The number of hydrogen-bond acceptors (Lipinski definition) is 6. The summed E-state index contributed by atoms with van der Waals surface area (Å²) in [6.07, 6.45) is 8.53. The van der Waals surface area contributed by atoms with Crippen LogP contribution in [-0.2, 0) is 17.9 Å². The van der Waals surface area contributed by atoms with E-state index in [9.17, 15) is 9.90 Å². The molecule has 1 aliphatic rings. The van der Waals surface area contributed by atoms with E-state index in [2.05, 4.69) is 44.9 Å². The molecular weight excluding hydrogens is 538 g/mol. The molecule has 3 aromatic heterocycles. The number of imidazole rings is 1. The number of rotatable bonds is 8. The number of pyridine rings is 1. The Labute approximate surface area is 249 Å². The summed E-state index contributed by atoms with van der Waals surface area (Å²) in [5.74, 6) is 0.192. The monoisotopic (exact) mass is 569 g/mol. The van der Waals surface area contributed by atoms with Gasteiger partial charge in [0.1, 0.15) is 24.5 Å². The maximum Gasteiger partial charge on any atom is 0.307 e. The summed E-state index contributed by atoms with van der Waals surface area (Å²) in [5, 5.41) is 11.2. The number of hydrogen-bond donors (Lipinski definition) is 1. The standard InChI is InChI=1S/C35H31N5O3/c41-35(42)30-7-3-2-6-29(30)34-39-32-17-28(43-21-27-14-13-25-5-1-4-8-31(25)38-27)15-16-33(32)40(34)20-23-9-11-24(12-10-23)26-18-36-22-37-19-26/h1,4-5,8-19,22,29-30H,2-3,6-7,20-21H2,(H,41,42). The highest BCUT2D eigenvalue weighted by Crippen LogP contribution is 2.39. The van der Waals surface area contributed by atoms with E-state index in [1.165, 1.54) is 6.33 Å². The van der Waals surface area contributed by atoms with Gasteiger partial charge < -0.3 is 14.4 Å². The fourth-order valence-electron chi connectivity index (χ4n) is 6.18. The average Bonchev–Trinajstić information content (AvgIpc) is 3.41. The smallest absolute Gasteiger partial charge is 0.307 e. The van der Waals surface area contributed by atoms with Gasteiger partial charge in [-0.05, 0) is 48.2 Å².